The van der Waals surface area contributed by atoms with E-state index >= 15 is 0 Å². The van der Waals surface area contributed by atoms with E-state index in [4.69, 9.17) is 0 Å². The molecule has 1 heterocycles. The molecular formula is C10H22N2O. The summed E-state index contributed by atoms with van der Waals surface area (Å²) in [5.74, 6) is 0. The zero-order valence-corrected chi connectivity index (χ0v) is 9.17. The fourth-order valence-electron chi connectivity index (χ4n) is 1.93. The quantitative estimate of drug-likeness (QED) is 0.657. The number of hydrogen-bond acceptors (Lipinski definition) is 3. The molecule has 1 rings (SSSR count). The summed E-state index contributed by atoms with van der Waals surface area (Å²) < 4.78 is 0. The molecule has 0 bridgehead atoms. The number of β-amino-alcohol motifs (C(OH)–C–C–N with tert-alkyl or cyclic N) is 1. The van der Waals surface area contributed by atoms with Crippen LogP contribution in [0.1, 0.15) is 27.7 Å². The molecule has 0 aromatic heterocycles. The average Bonchev–Trinajstić information content (AvgIpc) is 1.95. The van der Waals surface area contributed by atoms with Crippen molar-refractivity contribution in [1.82, 2.24) is 10.2 Å². The summed E-state index contributed by atoms with van der Waals surface area (Å²) in [7, 11) is 0. The van der Waals surface area contributed by atoms with Crippen molar-refractivity contribution in [2.45, 2.75) is 45.4 Å². The summed E-state index contributed by atoms with van der Waals surface area (Å²) in [4.78, 5) is 2.37. The first-order chi connectivity index (χ1) is 5.90. The molecule has 1 saturated heterocycles. The summed E-state index contributed by atoms with van der Waals surface area (Å²) in [6, 6.07) is 1.05. The standard InChI is InChI=1S/C10H22N2O/c1-8-5-11-6-9(2)12(8)7-10(3,4)13/h8-9,11,13H,5-7H2,1-4H3. The molecule has 1 aliphatic heterocycles. The highest BCUT2D eigenvalue weighted by atomic mass is 16.3. The second kappa shape index (κ2) is 3.95. The minimum atomic E-state index is -0.583. The third-order valence-corrected chi connectivity index (χ3v) is 2.58. The largest absolute Gasteiger partial charge is 0.389 e. The molecule has 0 radical (unpaired) electrons. The van der Waals surface area contributed by atoms with E-state index in [0.29, 0.717) is 12.1 Å². The predicted octanol–water partition coefficient (Wildman–Crippen LogP) is 0.439. The van der Waals surface area contributed by atoms with Crippen molar-refractivity contribution in [3.63, 3.8) is 0 Å². The number of aliphatic hydroxyl groups is 1. The van der Waals surface area contributed by atoms with Gasteiger partial charge < -0.3 is 10.4 Å². The number of piperazine rings is 1. The van der Waals surface area contributed by atoms with Gasteiger partial charge in [0.1, 0.15) is 0 Å². The molecule has 2 unspecified atom stereocenters. The van der Waals surface area contributed by atoms with E-state index in [1.54, 1.807) is 0 Å². The van der Waals surface area contributed by atoms with Crippen LogP contribution in [0.4, 0.5) is 0 Å². The number of hydrogen-bond donors (Lipinski definition) is 2. The van der Waals surface area contributed by atoms with E-state index in [1.165, 1.54) is 0 Å². The van der Waals surface area contributed by atoms with E-state index < -0.39 is 5.60 Å². The molecule has 1 fully saturated rings. The molecule has 1 aliphatic rings. The molecular weight excluding hydrogens is 164 g/mol. The Kier molecular flexibility index (Phi) is 3.33. The van der Waals surface area contributed by atoms with Gasteiger partial charge in [0.25, 0.3) is 0 Å². The molecule has 0 amide bonds. The van der Waals surface area contributed by atoms with Crippen molar-refractivity contribution in [2.24, 2.45) is 0 Å². The number of nitrogens with zero attached hydrogens (tertiary/aromatic N) is 1. The van der Waals surface area contributed by atoms with Gasteiger partial charge in [0.2, 0.25) is 0 Å². The minimum absolute atomic E-state index is 0.523. The van der Waals surface area contributed by atoms with Crippen LogP contribution in [-0.4, -0.2) is 47.3 Å². The lowest BCUT2D eigenvalue weighted by molar-refractivity contribution is -0.00175. The first kappa shape index (κ1) is 11.0. The van der Waals surface area contributed by atoms with Gasteiger partial charge in [-0.2, -0.15) is 0 Å². The summed E-state index contributed by atoms with van der Waals surface area (Å²) in [6.07, 6.45) is 0. The zero-order valence-electron chi connectivity index (χ0n) is 9.17. The number of rotatable bonds is 2. The molecule has 0 saturated carbocycles. The second-order valence-electron chi connectivity index (χ2n) is 4.84. The van der Waals surface area contributed by atoms with Crippen LogP contribution < -0.4 is 5.32 Å². The summed E-state index contributed by atoms with van der Waals surface area (Å²) in [5.41, 5.74) is -0.583. The monoisotopic (exact) mass is 186 g/mol. The van der Waals surface area contributed by atoms with Crippen molar-refractivity contribution in [1.29, 1.82) is 0 Å². The van der Waals surface area contributed by atoms with Crippen molar-refractivity contribution in [3.05, 3.63) is 0 Å². The second-order valence-corrected chi connectivity index (χ2v) is 4.84. The maximum absolute atomic E-state index is 9.74. The normalized spacial score (nSPS) is 32.1. The molecule has 78 valence electrons. The van der Waals surface area contributed by atoms with Gasteiger partial charge in [-0.05, 0) is 27.7 Å². The Labute approximate surface area is 81.1 Å². The predicted molar refractivity (Wildman–Crippen MR) is 54.8 cm³/mol. The lowest BCUT2D eigenvalue weighted by Crippen LogP contribution is -2.58. The molecule has 0 aromatic rings. The van der Waals surface area contributed by atoms with Gasteiger partial charge in [-0.15, -0.1) is 0 Å². The molecule has 2 atom stereocenters. The molecule has 3 nitrogen and oxygen atoms in total. The Morgan fingerprint density at radius 1 is 1.31 bits per heavy atom. The Hall–Kier alpha value is -0.120. The zero-order chi connectivity index (χ0) is 10.1. The summed E-state index contributed by atoms with van der Waals surface area (Å²) in [5, 5.41) is 13.1. The van der Waals surface area contributed by atoms with Crippen molar-refractivity contribution < 1.29 is 5.11 Å². The van der Waals surface area contributed by atoms with Crippen LogP contribution in [0.25, 0.3) is 0 Å². The Morgan fingerprint density at radius 2 is 1.77 bits per heavy atom. The van der Waals surface area contributed by atoms with Gasteiger partial charge in [-0.25, -0.2) is 0 Å². The first-order valence-electron chi connectivity index (χ1n) is 5.09. The molecule has 2 N–H and O–H groups in total. The van der Waals surface area contributed by atoms with E-state index in [0.717, 1.165) is 19.6 Å². The molecule has 3 heteroatoms. The third-order valence-electron chi connectivity index (χ3n) is 2.58. The Bertz CT molecular complexity index is 155. The van der Waals surface area contributed by atoms with Gasteiger partial charge >= 0.3 is 0 Å². The van der Waals surface area contributed by atoms with Gasteiger partial charge in [0, 0.05) is 31.7 Å². The van der Waals surface area contributed by atoms with Crippen molar-refractivity contribution >= 4 is 0 Å². The van der Waals surface area contributed by atoms with Crippen molar-refractivity contribution in [3.8, 4) is 0 Å². The minimum Gasteiger partial charge on any atom is -0.389 e. The summed E-state index contributed by atoms with van der Waals surface area (Å²) >= 11 is 0. The molecule has 0 aromatic carbocycles. The van der Waals surface area contributed by atoms with Gasteiger partial charge in [-0.3, -0.25) is 4.90 Å². The fraction of sp³-hybridized carbons (Fsp3) is 1.00. The van der Waals surface area contributed by atoms with Gasteiger partial charge in [-0.1, -0.05) is 0 Å². The SMILES string of the molecule is CC1CNCC(C)N1CC(C)(C)O. The average molecular weight is 186 g/mol. The smallest absolute Gasteiger partial charge is 0.0718 e. The van der Waals surface area contributed by atoms with Crippen LogP contribution in [0.3, 0.4) is 0 Å². The van der Waals surface area contributed by atoms with Crippen LogP contribution in [0.15, 0.2) is 0 Å². The van der Waals surface area contributed by atoms with Gasteiger partial charge in [0.05, 0.1) is 5.60 Å². The highest BCUT2D eigenvalue weighted by molar-refractivity contribution is 4.86. The highest BCUT2D eigenvalue weighted by Gasteiger charge is 2.28. The van der Waals surface area contributed by atoms with Crippen LogP contribution in [0, 0.1) is 0 Å². The Morgan fingerprint density at radius 3 is 2.15 bits per heavy atom. The van der Waals surface area contributed by atoms with E-state index in [1.807, 2.05) is 13.8 Å². The number of nitrogens with one attached hydrogen (secondary N) is 1. The van der Waals surface area contributed by atoms with Crippen LogP contribution >= 0.6 is 0 Å². The first-order valence-corrected chi connectivity index (χ1v) is 5.09. The van der Waals surface area contributed by atoms with E-state index in [9.17, 15) is 5.11 Å². The highest BCUT2D eigenvalue weighted by Crippen LogP contribution is 2.14. The maximum Gasteiger partial charge on any atom is 0.0718 e. The Balaban J connectivity index is 2.54. The van der Waals surface area contributed by atoms with E-state index in [2.05, 4.69) is 24.1 Å². The molecule has 13 heavy (non-hydrogen) atoms. The third kappa shape index (κ3) is 3.25. The molecule has 0 aliphatic carbocycles. The lowest BCUT2D eigenvalue weighted by Gasteiger charge is -2.42. The van der Waals surface area contributed by atoms with E-state index in [-0.39, 0.29) is 0 Å². The van der Waals surface area contributed by atoms with Crippen molar-refractivity contribution in [2.75, 3.05) is 19.6 Å². The lowest BCUT2D eigenvalue weighted by atomic mass is 10.0. The van der Waals surface area contributed by atoms with Gasteiger partial charge in [0.15, 0.2) is 0 Å². The maximum atomic E-state index is 9.74. The van der Waals surface area contributed by atoms with Crippen LogP contribution in [0.2, 0.25) is 0 Å². The molecule has 0 spiro atoms. The van der Waals surface area contributed by atoms with Crippen LogP contribution in [0.5, 0.6) is 0 Å². The fourth-order valence-corrected chi connectivity index (χ4v) is 1.93. The van der Waals surface area contributed by atoms with Crippen LogP contribution in [-0.2, 0) is 0 Å². The summed E-state index contributed by atoms with van der Waals surface area (Å²) in [6.45, 7) is 11.0. The topological polar surface area (TPSA) is 35.5 Å².